The van der Waals surface area contributed by atoms with Gasteiger partial charge in [-0.3, -0.25) is 0 Å². The number of esters is 1. The number of ether oxygens (including phenoxy) is 3. The second-order valence-electron chi connectivity index (χ2n) is 5.73. The molecule has 0 saturated heterocycles. The van der Waals surface area contributed by atoms with Gasteiger partial charge in [-0.15, -0.1) is 0 Å². The van der Waals surface area contributed by atoms with E-state index in [1.54, 1.807) is 25.1 Å². The summed E-state index contributed by atoms with van der Waals surface area (Å²) in [5, 5.41) is 0. The SMILES string of the molecule is C=C(C)C(=O)Oc1cccc(OC(C)OC2CCCCC2)c1. The molecule has 0 spiro atoms. The van der Waals surface area contributed by atoms with E-state index in [4.69, 9.17) is 14.2 Å². The number of hydrogen-bond donors (Lipinski definition) is 0. The van der Waals surface area contributed by atoms with Crippen LogP contribution in [0.15, 0.2) is 36.4 Å². The van der Waals surface area contributed by atoms with Crippen molar-refractivity contribution >= 4 is 5.97 Å². The van der Waals surface area contributed by atoms with Crippen LogP contribution in [-0.2, 0) is 9.53 Å². The van der Waals surface area contributed by atoms with Gasteiger partial charge in [0.1, 0.15) is 11.5 Å². The Labute approximate surface area is 132 Å². The van der Waals surface area contributed by atoms with Crippen LogP contribution < -0.4 is 9.47 Å². The standard InChI is InChI=1S/C18H24O4/c1-13(2)18(19)22-17-11-7-10-16(12-17)21-14(3)20-15-8-5-4-6-9-15/h7,10-12,14-15H,1,4-6,8-9H2,2-3H3. The first-order chi connectivity index (χ1) is 10.5. The highest BCUT2D eigenvalue weighted by Crippen LogP contribution is 2.24. The highest BCUT2D eigenvalue weighted by atomic mass is 16.7. The second-order valence-corrected chi connectivity index (χ2v) is 5.73. The Bertz CT molecular complexity index is 518. The van der Waals surface area contributed by atoms with Crippen LogP contribution >= 0.6 is 0 Å². The smallest absolute Gasteiger partial charge is 0.338 e. The molecule has 1 aliphatic rings. The fourth-order valence-corrected chi connectivity index (χ4v) is 2.50. The minimum Gasteiger partial charge on any atom is -0.465 e. The highest BCUT2D eigenvalue weighted by Gasteiger charge is 2.17. The van der Waals surface area contributed by atoms with Crippen LogP contribution in [0.4, 0.5) is 0 Å². The van der Waals surface area contributed by atoms with Gasteiger partial charge in [-0.2, -0.15) is 0 Å². The third-order valence-corrected chi connectivity index (χ3v) is 3.60. The predicted octanol–water partition coefficient (Wildman–Crippen LogP) is 4.24. The van der Waals surface area contributed by atoms with Crippen molar-refractivity contribution in [2.45, 2.75) is 58.3 Å². The zero-order valence-corrected chi connectivity index (χ0v) is 13.3. The molecule has 4 heteroatoms. The van der Waals surface area contributed by atoms with E-state index in [2.05, 4.69) is 6.58 Å². The van der Waals surface area contributed by atoms with Gasteiger partial charge in [-0.25, -0.2) is 4.79 Å². The molecule has 0 aromatic heterocycles. The number of rotatable bonds is 6. The summed E-state index contributed by atoms with van der Waals surface area (Å²) >= 11 is 0. The van der Waals surface area contributed by atoms with Gasteiger partial charge in [0.2, 0.25) is 0 Å². The fourth-order valence-electron chi connectivity index (χ4n) is 2.50. The summed E-state index contributed by atoms with van der Waals surface area (Å²) in [6.45, 7) is 7.07. The van der Waals surface area contributed by atoms with Gasteiger partial charge in [0.25, 0.3) is 0 Å². The van der Waals surface area contributed by atoms with Crippen molar-refractivity contribution in [2.24, 2.45) is 0 Å². The summed E-state index contributed by atoms with van der Waals surface area (Å²) < 4.78 is 16.9. The van der Waals surface area contributed by atoms with Crippen LogP contribution in [0.1, 0.15) is 46.0 Å². The molecule has 1 saturated carbocycles. The molecule has 0 amide bonds. The van der Waals surface area contributed by atoms with E-state index in [0.717, 1.165) is 12.8 Å². The van der Waals surface area contributed by atoms with E-state index in [9.17, 15) is 4.79 Å². The maximum atomic E-state index is 11.5. The minimum absolute atomic E-state index is 0.285. The zero-order chi connectivity index (χ0) is 15.9. The molecule has 0 N–H and O–H groups in total. The Morgan fingerprint density at radius 1 is 1.23 bits per heavy atom. The van der Waals surface area contributed by atoms with Gasteiger partial charge in [0, 0.05) is 11.6 Å². The molecule has 0 heterocycles. The van der Waals surface area contributed by atoms with Gasteiger partial charge in [0.05, 0.1) is 6.10 Å². The van der Waals surface area contributed by atoms with Gasteiger partial charge in [0.15, 0.2) is 6.29 Å². The Morgan fingerprint density at radius 2 is 1.91 bits per heavy atom. The third kappa shape index (κ3) is 5.19. The van der Waals surface area contributed by atoms with Crippen molar-refractivity contribution in [3.8, 4) is 11.5 Å². The van der Waals surface area contributed by atoms with Crippen molar-refractivity contribution in [1.29, 1.82) is 0 Å². The average molecular weight is 304 g/mol. The Morgan fingerprint density at radius 3 is 2.59 bits per heavy atom. The van der Waals surface area contributed by atoms with Gasteiger partial charge in [-0.05, 0) is 38.8 Å². The molecule has 0 aliphatic heterocycles. The predicted molar refractivity (Wildman–Crippen MR) is 84.9 cm³/mol. The molecule has 1 aromatic rings. The van der Waals surface area contributed by atoms with Gasteiger partial charge >= 0.3 is 5.97 Å². The zero-order valence-electron chi connectivity index (χ0n) is 13.3. The van der Waals surface area contributed by atoms with Gasteiger partial charge in [-0.1, -0.05) is 31.9 Å². The molecule has 2 rings (SSSR count). The topological polar surface area (TPSA) is 44.8 Å². The molecule has 1 fully saturated rings. The van der Waals surface area contributed by atoms with E-state index in [1.807, 2.05) is 13.0 Å². The Balaban J connectivity index is 1.88. The summed E-state index contributed by atoms with van der Waals surface area (Å²) in [6.07, 6.45) is 5.91. The summed E-state index contributed by atoms with van der Waals surface area (Å²) in [5.74, 6) is 0.620. The number of benzene rings is 1. The van der Waals surface area contributed by atoms with E-state index < -0.39 is 5.97 Å². The monoisotopic (exact) mass is 304 g/mol. The normalized spacial score (nSPS) is 16.8. The lowest BCUT2D eigenvalue weighted by Crippen LogP contribution is -2.26. The summed E-state index contributed by atoms with van der Waals surface area (Å²) in [7, 11) is 0. The van der Waals surface area contributed by atoms with Crippen molar-refractivity contribution in [1.82, 2.24) is 0 Å². The maximum absolute atomic E-state index is 11.5. The second kappa shape index (κ2) is 7.99. The third-order valence-electron chi connectivity index (χ3n) is 3.60. The Hall–Kier alpha value is -1.81. The molecule has 4 nitrogen and oxygen atoms in total. The van der Waals surface area contributed by atoms with Crippen LogP contribution in [0.3, 0.4) is 0 Å². The van der Waals surface area contributed by atoms with E-state index in [-0.39, 0.29) is 12.4 Å². The lowest BCUT2D eigenvalue weighted by Gasteiger charge is -2.26. The van der Waals surface area contributed by atoms with E-state index in [0.29, 0.717) is 17.1 Å². The summed E-state index contributed by atoms with van der Waals surface area (Å²) in [5.41, 5.74) is 0.361. The maximum Gasteiger partial charge on any atom is 0.338 e. The summed E-state index contributed by atoms with van der Waals surface area (Å²) in [4.78, 5) is 11.5. The van der Waals surface area contributed by atoms with Crippen molar-refractivity contribution in [3.63, 3.8) is 0 Å². The van der Waals surface area contributed by atoms with Crippen molar-refractivity contribution in [2.75, 3.05) is 0 Å². The highest BCUT2D eigenvalue weighted by molar-refractivity contribution is 5.88. The molecule has 1 unspecified atom stereocenters. The van der Waals surface area contributed by atoms with Crippen molar-refractivity contribution < 1.29 is 19.0 Å². The number of carbonyl (C=O) groups is 1. The molecule has 1 aromatic carbocycles. The lowest BCUT2D eigenvalue weighted by atomic mass is 9.98. The first-order valence-corrected chi connectivity index (χ1v) is 7.84. The molecule has 1 aliphatic carbocycles. The molecule has 0 bridgehead atoms. The van der Waals surface area contributed by atoms with E-state index in [1.165, 1.54) is 19.3 Å². The molecule has 22 heavy (non-hydrogen) atoms. The average Bonchev–Trinajstić information content (AvgIpc) is 2.48. The van der Waals surface area contributed by atoms with Crippen LogP contribution in [0.25, 0.3) is 0 Å². The minimum atomic E-state index is -0.441. The first kappa shape index (κ1) is 16.6. The quantitative estimate of drug-likeness (QED) is 0.341. The van der Waals surface area contributed by atoms with Crippen LogP contribution in [0.2, 0.25) is 0 Å². The molecule has 120 valence electrons. The molecule has 1 atom stereocenters. The first-order valence-electron chi connectivity index (χ1n) is 7.84. The summed E-state index contributed by atoms with van der Waals surface area (Å²) in [6, 6.07) is 6.99. The molecular weight excluding hydrogens is 280 g/mol. The number of carbonyl (C=O) groups excluding carboxylic acids is 1. The van der Waals surface area contributed by atoms with Gasteiger partial charge < -0.3 is 14.2 Å². The van der Waals surface area contributed by atoms with E-state index >= 15 is 0 Å². The largest absolute Gasteiger partial charge is 0.465 e. The molecular formula is C18H24O4. The Kier molecular flexibility index (Phi) is 6.01. The molecule has 0 radical (unpaired) electrons. The van der Waals surface area contributed by atoms with Crippen LogP contribution in [0.5, 0.6) is 11.5 Å². The van der Waals surface area contributed by atoms with Crippen molar-refractivity contribution in [3.05, 3.63) is 36.4 Å². The van der Waals surface area contributed by atoms with Crippen LogP contribution in [-0.4, -0.2) is 18.4 Å². The number of hydrogen-bond acceptors (Lipinski definition) is 4. The van der Waals surface area contributed by atoms with Crippen LogP contribution in [0, 0.1) is 0 Å². The fraction of sp³-hybridized carbons (Fsp3) is 0.500. The lowest BCUT2D eigenvalue weighted by molar-refractivity contribution is -0.130.